The SMILES string of the molecule is CCC(Br)(CCCCCC(=O)NC(=O)c1ccccc1C)C(F)(F)Br. The van der Waals surface area contributed by atoms with E-state index in [1.807, 2.05) is 6.07 Å². The van der Waals surface area contributed by atoms with Crippen LogP contribution in [0.2, 0.25) is 0 Å². The van der Waals surface area contributed by atoms with Crippen molar-refractivity contribution in [1.29, 1.82) is 0 Å². The van der Waals surface area contributed by atoms with Gasteiger partial charge in [0.15, 0.2) is 0 Å². The third kappa shape index (κ3) is 6.77. The number of halogens is 4. The predicted molar refractivity (Wildman–Crippen MR) is 103 cm³/mol. The zero-order valence-corrected chi connectivity index (χ0v) is 17.6. The van der Waals surface area contributed by atoms with E-state index in [1.54, 1.807) is 32.0 Å². The van der Waals surface area contributed by atoms with E-state index in [2.05, 4.69) is 37.2 Å². The second-order valence-corrected chi connectivity index (χ2v) is 8.58. The van der Waals surface area contributed by atoms with Gasteiger partial charge < -0.3 is 0 Å². The number of amides is 2. The summed E-state index contributed by atoms with van der Waals surface area (Å²) in [6.45, 7) is 3.51. The smallest absolute Gasteiger partial charge is 0.292 e. The van der Waals surface area contributed by atoms with Crippen LogP contribution in [0.4, 0.5) is 8.78 Å². The van der Waals surface area contributed by atoms with Crippen molar-refractivity contribution in [3.8, 4) is 0 Å². The van der Waals surface area contributed by atoms with E-state index < -0.39 is 15.1 Å². The number of benzene rings is 1. The third-order valence-corrected chi connectivity index (χ3v) is 6.93. The summed E-state index contributed by atoms with van der Waals surface area (Å²) in [4.78, 5) is 20.9. The molecular weight excluding hydrogens is 460 g/mol. The third-order valence-electron chi connectivity index (χ3n) is 4.19. The molecule has 1 atom stereocenters. The lowest BCUT2D eigenvalue weighted by atomic mass is 9.98. The highest BCUT2D eigenvalue weighted by Crippen LogP contribution is 2.47. The molecule has 0 aliphatic heterocycles. The Hall–Kier alpha value is -0.820. The van der Waals surface area contributed by atoms with E-state index in [9.17, 15) is 18.4 Å². The van der Waals surface area contributed by atoms with Crippen LogP contribution in [0.1, 0.15) is 61.4 Å². The van der Waals surface area contributed by atoms with Crippen LogP contribution in [0.25, 0.3) is 0 Å². The highest BCUT2D eigenvalue weighted by molar-refractivity contribution is 9.12. The molecule has 2 amide bonds. The zero-order valence-electron chi connectivity index (χ0n) is 14.4. The van der Waals surface area contributed by atoms with Crippen LogP contribution in [0.15, 0.2) is 24.3 Å². The fourth-order valence-corrected chi connectivity index (χ4v) is 3.23. The maximum absolute atomic E-state index is 13.5. The van der Waals surface area contributed by atoms with Gasteiger partial charge in [0.2, 0.25) is 5.91 Å². The number of alkyl halides is 4. The molecule has 1 N–H and O–H groups in total. The monoisotopic (exact) mass is 481 g/mol. The Labute approximate surface area is 164 Å². The summed E-state index contributed by atoms with van der Waals surface area (Å²) in [5, 5.41) is 2.37. The maximum Gasteiger partial charge on any atom is 0.316 e. The van der Waals surface area contributed by atoms with Gasteiger partial charge in [0, 0.05) is 12.0 Å². The molecule has 1 aromatic carbocycles. The van der Waals surface area contributed by atoms with Crippen molar-refractivity contribution < 1.29 is 18.4 Å². The van der Waals surface area contributed by atoms with Crippen molar-refractivity contribution in [2.24, 2.45) is 0 Å². The average Bonchev–Trinajstić information content (AvgIpc) is 2.53. The number of carbonyl (C=O) groups is 2. The van der Waals surface area contributed by atoms with E-state index in [0.717, 1.165) is 5.56 Å². The van der Waals surface area contributed by atoms with Crippen LogP contribution in [0, 0.1) is 6.92 Å². The molecule has 0 aliphatic carbocycles. The number of hydrogen-bond donors (Lipinski definition) is 1. The largest absolute Gasteiger partial charge is 0.316 e. The first-order valence-corrected chi connectivity index (χ1v) is 9.85. The Morgan fingerprint density at radius 2 is 1.76 bits per heavy atom. The quantitative estimate of drug-likeness (QED) is 0.360. The minimum Gasteiger partial charge on any atom is -0.292 e. The summed E-state index contributed by atoms with van der Waals surface area (Å²) in [6.07, 6.45) is 2.54. The molecular formula is C18H23Br2F2NO2. The van der Waals surface area contributed by atoms with Gasteiger partial charge in [0.1, 0.15) is 0 Å². The molecule has 0 fully saturated rings. The molecule has 3 nitrogen and oxygen atoms in total. The van der Waals surface area contributed by atoms with Gasteiger partial charge in [-0.15, -0.1) is 0 Å². The van der Waals surface area contributed by atoms with Gasteiger partial charge in [-0.1, -0.05) is 53.9 Å². The number of imide groups is 1. The molecule has 1 unspecified atom stereocenters. The number of rotatable bonds is 9. The van der Waals surface area contributed by atoms with Gasteiger partial charge in [0.25, 0.3) is 5.91 Å². The van der Waals surface area contributed by atoms with Crippen LogP contribution in [0.3, 0.4) is 0 Å². The molecule has 0 saturated carbocycles. The van der Waals surface area contributed by atoms with Crippen LogP contribution in [0.5, 0.6) is 0 Å². The lowest BCUT2D eigenvalue weighted by molar-refractivity contribution is -0.120. The first kappa shape index (κ1) is 22.2. The summed E-state index contributed by atoms with van der Waals surface area (Å²) < 4.78 is 25.8. The molecule has 0 heterocycles. The van der Waals surface area contributed by atoms with Crippen molar-refractivity contribution in [2.45, 2.75) is 61.5 Å². The lowest BCUT2D eigenvalue weighted by Gasteiger charge is -2.30. The van der Waals surface area contributed by atoms with Crippen LogP contribution >= 0.6 is 31.9 Å². The molecule has 0 aliphatic rings. The van der Waals surface area contributed by atoms with E-state index in [0.29, 0.717) is 31.2 Å². The number of carbonyl (C=O) groups excluding carboxylic acids is 2. The van der Waals surface area contributed by atoms with Crippen molar-refractivity contribution in [2.75, 3.05) is 0 Å². The highest BCUT2D eigenvalue weighted by Gasteiger charge is 2.47. The van der Waals surface area contributed by atoms with Crippen LogP contribution < -0.4 is 5.32 Å². The summed E-state index contributed by atoms with van der Waals surface area (Å²) >= 11 is 5.56. The van der Waals surface area contributed by atoms with Crippen molar-refractivity contribution in [1.82, 2.24) is 5.32 Å². The molecule has 1 aromatic rings. The molecule has 140 valence electrons. The normalized spacial score (nSPS) is 14.0. The Balaban J connectivity index is 2.34. The minimum absolute atomic E-state index is 0.198. The molecule has 0 radical (unpaired) electrons. The van der Waals surface area contributed by atoms with Gasteiger partial charge in [-0.05, 0) is 53.7 Å². The molecule has 7 heteroatoms. The minimum atomic E-state index is -2.98. The summed E-state index contributed by atoms with van der Waals surface area (Å²) in [7, 11) is 0. The Kier molecular flexibility index (Phi) is 8.68. The van der Waals surface area contributed by atoms with Crippen LogP contribution in [-0.2, 0) is 4.79 Å². The number of aryl methyl sites for hydroxylation is 1. The second-order valence-electron chi connectivity index (χ2n) is 6.07. The predicted octanol–water partition coefficient (Wildman–Crippen LogP) is 5.73. The summed E-state index contributed by atoms with van der Waals surface area (Å²) in [5.74, 6) is -0.757. The van der Waals surface area contributed by atoms with Crippen molar-refractivity contribution >= 4 is 43.7 Å². The van der Waals surface area contributed by atoms with E-state index in [1.165, 1.54) is 0 Å². The molecule has 0 saturated heterocycles. The summed E-state index contributed by atoms with van der Waals surface area (Å²) in [5.41, 5.74) is 1.28. The number of hydrogen-bond acceptors (Lipinski definition) is 2. The molecule has 0 spiro atoms. The van der Waals surface area contributed by atoms with Gasteiger partial charge >= 0.3 is 4.83 Å². The maximum atomic E-state index is 13.5. The number of nitrogens with one attached hydrogen (secondary N) is 1. The topological polar surface area (TPSA) is 46.2 Å². The molecule has 0 aromatic heterocycles. The molecule has 1 rings (SSSR count). The lowest BCUT2D eigenvalue weighted by Crippen LogP contribution is -2.37. The Morgan fingerprint density at radius 3 is 2.32 bits per heavy atom. The number of unbranched alkanes of at least 4 members (excludes halogenated alkanes) is 2. The highest BCUT2D eigenvalue weighted by atomic mass is 79.9. The first-order valence-electron chi connectivity index (χ1n) is 8.26. The van der Waals surface area contributed by atoms with Gasteiger partial charge in [-0.3, -0.25) is 14.9 Å². The molecule has 0 bridgehead atoms. The average molecular weight is 483 g/mol. The van der Waals surface area contributed by atoms with E-state index in [4.69, 9.17) is 0 Å². The van der Waals surface area contributed by atoms with E-state index in [-0.39, 0.29) is 18.7 Å². The standard InChI is InChI=1S/C18H23Br2F2NO2/c1-3-17(19,18(20,21)22)12-8-4-5-11-15(24)23-16(25)14-10-7-6-9-13(14)2/h6-7,9-10H,3-5,8,11-12H2,1-2H3,(H,23,24,25). The van der Waals surface area contributed by atoms with Gasteiger partial charge in [0.05, 0.1) is 4.32 Å². The Morgan fingerprint density at radius 1 is 1.12 bits per heavy atom. The van der Waals surface area contributed by atoms with Crippen LogP contribution in [-0.4, -0.2) is 21.0 Å². The van der Waals surface area contributed by atoms with Gasteiger partial charge in [-0.2, -0.15) is 8.78 Å². The van der Waals surface area contributed by atoms with E-state index >= 15 is 0 Å². The van der Waals surface area contributed by atoms with Gasteiger partial charge in [-0.25, -0.2) is 0 Å². The Bertz CT molecular complexity index is 605. The van der Waals surface area contributed by atoms with Crippen molar-refractivity contribution in [3.63, 3.8) is 0 Å². The fraction of sp³-hybridized carbons (Fsp3) is 0.556. The summed E-state index contributed by atoms with van der Waals surface area (Å²) in [6, 6.07) is 7.04. The second kappa shape index (κ2) is 9.76. The fourth-order valence-electron chi connectivity index (χ4n) is 2.47. The molecule has 25 heavy (non-hydrogen) atoms. The first-order chi connectivity index (χ1) is 11.6. The van der Waals surface area contributed by atoms with Crippen molar-refractivity contribution in [3.05, 3.63) is 35.4 Å². The zero-order chi connectivity index (χ0) is 19.1.